The number of hydrogen-bond acceptors (Lipinski definition) is 4. The van der Waals surface area contributed by atoms with Crippen molar-refractivity contribution in [3.8, 4) is 0 Å². The van der Waals surface area contributed by atoms with Gasteiger partial charge in [0.15, 0.2) is 0 Å². The molecule has 19 heavy (non-hydrogen) atoms. The van der Waals surface area contributed by atoms with E-state index < -0.39 is 5.97 Å². The van der Waals surface area contributed by atoms with Gasteiger partial charge in [-0.05, 0) is 19.4 Å². The molecule has 0 bridgehead atoms. The van der Waals surface area contributed by atoms with Gasteiger partial charge in [0, 0.05) is 25.4 Å². The third-order valence-electron chi connectivity index (χ3n) is 2.94. The Kier molecular flexibility index (Phi) is 3.59. The fourth-order valence-electron chi connectivity index (χ4n) is 1.93. The zero-order valence-electron chi connectivity index (χ0n) is 11.2. The van der Waals surface area contributed by atoms with Crippen molar-refractivity contribution in [3.05, 3.63) is 35.0 Å². The number of aromatic nitrogens is 2. The maximum absolute atomic E-state index is 10.8. The van der Waals surface area contributed by atoms with Crippen LogP contribution in [0.4, 0.5) is 5.69 Å². The lowest BCUT2D eigenvalue weighted by Crippen LogP contribution is -2.01. The Balaban J connectivity index is 2.12. The number of nitrogens with zero attached hydrogens (tertiary/aromatic N) is 2. The standard InChI is InChI=1S/C13H17N3O3/c1-4-10-11(7-16(3)15-10)14-6-9-5-12(13(17)18)19-8(9)2/h5,7,14H,4,6H2,1-3H3,(H,17,18). The first-order chi connectivity index (χ1) is 9.01. The van der Waals surface area contributed by atoms with E-state index >= 15 is 0 Å². The summed E-state index contributed by atoms with van der Waals surface area (Å²) in [4.78, 5) is 10.8. The van der Waals surface area contributed by atoms with Gasteiger partial charge in [-0.25, -0.2) is 4.79 Å². The molecule has 0 aliphatic rings. The third-order valence-corrected chi connectivity index (χ3v) is 2.94. The molecule has 2 heterocycles. The van der Waals surface area contributed by atoms with E-state index in [0.717, 1.165) is 23.4 Å². The summed E-state index contributed by atoms with van der Waals surface area (Å²) in [5.74, 6) is -0.465. The molecule has 2 N–H and O–H groups in total. The molecule has 0 atom stereocenters. The number of aryl methyl sites for hydroxylation is 3. The van der Waals surface area contributed by atoms with Crippen LogP contribution in [0.25, 0.3) is 0 Å². The van der Waals surface area contributed by atoms with E-state index in [1.165, 1.54) is 0 Å². The van der Waals surface area contributed by atoms with Crippen LogP contribution in [0, 0.1) is 6.92 Å². The lowest BCUT2D eigenvalue weighted by Gasteiger charge is -2.04. The minimum absolute atomic E-state index is 0.0313. The first-order valence-electron chi connectivity index (χ1n) is 6.10. The summed E-state index contributed by atoms with van der Waals surface area (Å²) < 4.78 is 6.92. The summed E-state index contributed by atoms with van der Waals surface area (Å²) in [7, 11) is 1.87. The third kappa shape index (κ3) is 2.78. The van der Waals surface area contributed by atoms with Gasteiger partial charge in [0.05, 0.1) is 11.4 Å². The molecular weight excluding hydrogens is 246 g/mol. The van der Waals surface area contributed by atoms with Gasteiger partial charge < -0.3 is 14.8 Å². The van der Waals surface area contributed by atoms with Gasteiger partial charge in [0.25, 0.3) is 0 Å². The second-order valence-corrected chi connectivity index (χ2v) is 4.37. The molecular formula is C13H17N3O3. The zero-order chi connectivity index (χ0) is 14.0. The molecule has 0 spiro atoms. The van der Waals surface area contributed by atoms with E-state index in [9.17, 15) is 4.79 Å². The molecule has 0 unspecified atom stereocenters. The number of carbonyl (C=O) groups is 1. The van der Waals surface area contributed by atoms with Gasteiger partial charge in [0.1, 0.15) is 5.76 Å². The average molecular weight is 263 g/mol. The van der Waals surface area contributed by atoms with Gasteiger partial charge in [-0.3, -0.25) is 4.68 Å². The van der Waals surface area contributed by atoms with Crippen molar-refractivity contribution in [3.63, 3.8) is 0 Å². The highest BCUT2D eigenvalue weighted by molar-refractivity contribution is 5.84. The van der Waals surface area contributed by atoms with Gasteiger partial charge >= 0.3 is 5.97 Å². The van der Waals surface area contributed by atoms with Crippen LogP contribution in [0.3, 0.4) is 0 Å². The Labute approximate surface area is 111 Å². The summed E-state index contributed by atoms with van der Waals surface area (Å²) in [5, 5.41) is 16.5. The highest BCUT2D eigenvalue weighted by Gasteiger charge is 2.13. The number of aromatic carboxylic acids is 1. The van der Waals surface area contributed by atoms with Crippen LogP contribution in [-0.4, -0.2) is 20.9 Å². The van der Waals surface area contributed by atoms with Crippen molar-refractivity contribution in [2.75, 3.05) is 5.32 Å². The SMILES string of the molecule is CCc1nn(C)cc1NCc1cc(C(=O)O)oc1C. The van der Waals surface area contributed by atoms with Gasteiger partial charge in [0.2, 0.25) is 5.76 Å². The fourth-order valence-corrected chi connectivity index (χ4v) is 1.93. The topological polar surface area (TPSA) is 80.3 Å². The van der Waals surface area contributed by atoms with E-state index in [4.69, 9.17) is 9.52 Å². The number of hydrogen-bond donors (Lipinski definition) is 2. The lowest BCUT2D eigenvalue weighted by atomic mass is 10.2. The molecule has 2 rings (SSSR count). The number of nitrogens with one attached hydrogen (secondary N) is 1. The Bertz CT molecular complexity index is 598. The Morgan fingerprint density at radius 2 is 2.32 bits per heavy atom. The highest BCUT2D eigenvalue weighted by Crippen LogP contribution is 2.19. The van der Waals surface area contributed by atoms with Crippen LogP contribution in [0.5, 0.6) is 0 Å². The Morgan fingerprint density at radius 3 is 2.89 bits per heavy atom. The molecule has 0 fully saturated rings. The molecule has 0 saturated heterocycles. The molecule has 102 valence electrons. The molecule has 0 aromatic carbocycles. The largest absolute Gasteiger partial charge is 0.475 e. The second-order valence-electron chi connectivity index (χ2n) is 4.37. The number of rotatable bonds is 5. The Hall–Kier alpha value is -2.24. The van der Waals surface area contributed by atoms with Crippen LogP contribution in [0.2, 0.25) is 0 Å². The van der Waals surface area contributed by atoms with Crippen LogP contribution in [-0.2, 0) is 20.0 Å². The van der Waals surface area contributed by atoms with Crippen molar-refractivity contribution < 1.29 is 14.3 Å². The predicted molar refractivity (Wildman–Crippen MR) is 70.3 cm³/mol. The van der Waals surface area contributed by atoms with Gasteiger partial charge in [-0.15, -0.1) is 0 Å². The van der Waals surface area contributed by atoms with Crippen LogP contribution >= 0.6 is 0 Å². The zero-order valence-corrected chi connectivity index (χ0v) is 11.2. The monoisotopic (exact) mass is 263 g/mol. The molecule has 0 aliphatic heterocycles. The predicted octanol–water partition coefficient (Wildman–Crippen LogP) is 2.19. The molecule has 6 heteroatoms. The molecule has 0 saturated carbocycles. The molecule has 0 aliphatic carbocycles. The van der Waals surface area contributed by atoms with Crippen molar-refractivity contribution in [2.24, 2.45) is 7.05 Å². The maximum atomic E-state index is 10.8. The van der Waals surface area contributed by atoms with E-state index in [-0.39, 0.29) is 5.76 Å². The fraction of sp³-hybridized carbons (Fsp3) is 0.385. The van der Waals surface area contributed by atoms with E-state index in [1.54, 1.807) is 17.7 Å². The second kappa shape index (κ2) is 5.17. The maximum Gasteiger partial charge on any atom is 0.371 e. The smallest absolute Gasteiger partial charge is 0.371 e. The van der Waals surface area contributed by atoms with E-state index in [2.05, 4.69) is 10.4 Å². The van der Waals surface area contributed by atoms with Crippen molar-refractivity contribution in [1.29, 1.82) is 0 Å². The number of anilines is 1. The van der Waals surface area contributed by atoms with Crippen molar-refractivity contribution >= 4 is 11.7 Å². The van der Waals surface area contributed by atoms with Crippen LogP contribution in [0.15, 0.2) is 16.7 Å². The van der Waals surface area contributed by atoms with Crippen LogP contribution < -0.4 is 5.32 Å². The summed E-state index contributed by atoms with van der Waals surface area (Å²) in [5.41, 5.74) is 2.79. The summed E-state index contributed by atoms with van der Waals surface area (Å²) in [6.07, 6.45) is 2.75. The normalized spacial score (nSPS) is 10.7. The number of carboxylic acid groups (broad SMARTS) is 1. The van der Waals surface area contributed by atoms with Crippen molar-refractivity contribution in [2.45, 2.75) is 26.8 Å². The minimum atomic E-state index is -1.05. The molecule has 2 aromatic heterocycles. The van der Waals surface area contributed by atoms with Gasteiger partial charge in [-0.2, -0.15) is 5.10 Å². The van der Waals surface area contributed by atoms with Crippen molar-refractivity contribution in [1.82, 2.24) is 9.78 Å². The number of carboxylic acids is 1. The lowest BCUT2D eigenvalue weighted by molar-refractivity contribution is 0.0661. The first kappa shape index (κ1) is 13.2. The van der Waals surface area contributed by atoms with Gasteiger partial charge in [-0.1, -0.05) is 6.92 Å². The first-order valence-corrected chi connectivity index (χ1v) is 6.10. The van der Waals surface area contributed by atoms with E-state index in [1.807, 2.05) is 20.2 Å². The minimum Gasteiger partial charge on any atom is -0.475 e. The highest BCUT2D eigenvalue weighted by atomic mass is 16.4. The Morgan fingerprint density at radius 1 is 1.58 bits per heavy atom. The number of furan rings is 1. The van der Waals surface area contributed by atoms with Crippen LogP contribution in [0.1, 0.15) is 34.5 Å². The molecule has 0 radical (unpaired) electrons. The average Bonchev–Trinajstić information content (AvgIpc) is 2.90. The summed E-state index contributed by atoms with van der Waals surface area (Å²) >= 11 is 0. The summed E-state index contributed by atoms with van der Waals surface area (Å²) in [6.45, 7) is 4.31. The van der Waals surface area contributed by atoms with E-state index in [0.29, 0.717) is 12.3 Å². The quantitative estimate of drug-likeness (QED) is 0.864. The summed E-state index contributed by atoms with van der Waals surface area (Å²) in [6, 6.07) is 1.55. The molecule has 2 aromatic rings. The molecule has 0 amide bonds. The molecule has 6 nitrogen and oxygen atoms in total.